The van der Waals surface area contributed by atoms with Crippen molar-refractivity contribution in [2.24, 2.45) is 0 Å². The Morgan fingerprint density at radius 3 is 1.22 bits per heavy atom. The van der Waals surface area contributed by atoms with Gasteiger partial charge in [-0.3, -0.25) is 14.4 Å². The summed E-state index contributed by atoms with van der Waals surface area (Å²) in [4.78, 5) is 31.5. The van der Waals surface area contributed by atoms with Crippen LogP contribution in [0.5, 0.6) is 17.2 Å². The number of ether oxygens (including phenoxy) is 1. The summed E-state index contributed by atoms with van der Waals surface area (Å²) < 4.78 is 4.89. The molecule has 8 heteroatoms. The number of methoxy groups -OCH3 is 1. The number of hydrogen-bond donors (Lipinski definition) is 0. The minimum atomic E-state index is -0.458. The maximum absolute atomic E-state index is 10.5. The van der Waals surface area contributed by atoms with Crippen LogP contribution in [0.4, 0.5) is 0 Å². The second-order valence-electron chi connectivity index (χ2n) is 6.36. The third-order valence-corrected chi connectivity index (χ3v) is 3.80. The Hall–Kier alpha value is -3.95. The van der Waals surface area contributed by atoms with Crippen molar-refractivity contribution in [2.75, 3.05) is 7.11 Å². The molecule has 0 heterocycles. The molecule has 1 aliphatic carbocycles. The number of allylic oxidation sites excluding steroid dienone is 2. The summed E-state index contributed by atoms with van der Waals surface area (Å²) >= 11 is 0. The first kappa shape index (κ1) is 32.1. The molecule has 0 N–H and O–H groups in total. The zero-order valence-corrected chi connectivity index (χ0v) is 23.2. The Morgan fingerprint density at radius 2 is 0.944 bits per heavy atom. The fourth-order valence-electron chi connectivity index (χ4n) is 2.05. The van der Waals surface area contributed by atoms with Crippen LogP contribution in [-0.4, -0.2) is 34.4 Å². The van der Waals surface area contributed by atoms with Crippen LogP contribution in [-0.2, 0) is 4.74 Å². The smallest absolute Gasteiger partial charge is 0.170 e. The zero-order chi connectivity index (χ0) is 25.9. The molecule has 0 atom stereocenters. The molecule has 0 bridgehead atoms. The van der Waals surface area contributed by atoms with Crippen LogP contribution in [0.1, 0.15) is 0 Å². The monoisotopic (exact) mass is 678 g/mol. The molecule has 0 aliphatic heterocycles. The summed E-state index contributed by atoms with van der Waals surface area (Å²) in [6, 6.07) is 21.7. The Morgan fingerprint density at radius 1 is 0.583 bits per heavy atom. The molecule has 0 aromatic heterocycles. The zero-order valence-electron chi connectivity index (χ0n) is 19.3. The second-order valence-corrected chi connectivity index (χ2v) is 6.36. The number of rotatable bonds is 1. The van der Waals surface area contributed by atoms with Gasteiger partial charge in [-0.2, -0.15) is 0 Å². The van der Waals surface area contributed by atoms with E-state index in [2.05, 4.69) is 5.73 Å². The summed E-state index contributed by atoms with van der Waals surface area (Å²) in [6.07, 6.45) is 7.36. The van der Waals surface area contributed by atoms with E-state index >= 15 is 0 Å². The van der Waals surface area contributed by atoms with Crippen LogP contribution in [0.25, 0.3) is 0 Å². The largest absolute Gasteiger partial charge is 0.870 e. The molecule has 0 unspecified atom stereocenters. The first-order valence-corrected chi connectivity index (χ1v) is 10.1. The van der Waals surface area contributed by atoms with Gasteiger partial charge in [-0.25, -0.2) is 0 Å². The Labute approximate surface area is 228 Å². The Bertz CT molecular complexity index is 1210. The third kappa shape index (κ3) is 14.3. The van der Waals surface area contributed by atoms with Crippen LogP contribution in [0.15, 0.2) is 135 Å². The first-order chi connectivity index (χ1) is 16.8. The minimum Gasteiger partial charge on any atom is -0.870 e. The van der Waals surface area contributed by atoms with Crippen molar-refractivity contribution in [3.63, 3.8) is 0 Å². The molecule has 3 aromatic rings. The van der Waals surface area contributed by atoms with Crippen molar-refractivity contribution in [3.8, 4) is 17.2 Å². The molecule has 0 fully saturated rings. The molecule has 1 aliphatic rings. The molecule has 5 radical (unpaired) electrons. The Balaban J connectivity index is 0.000000450. The molecule has 0 saturated heterocycles. The molecule has 36 heavy (non-hydrogen) atoms. The van der Waals surface area contributed by atoms with Crippen molar-refractivity contribution in [1.29, 1.82) is 0 Å². The fourth-order valence-corrected chi connectivity index (χ4v) is 2.05. The van der Waals surface area contributed by atoms with Crippen LogP contribution >= 0.6 is 0 Å². The van der Waals surface area contributed by atoms with Crippen LogP contribution in [0.2, 0.25) is 0 Å². The first-order valence-electron chi connectivity index (χ1n) is 10.1. The van der Waals surface area contributed by atoms with Gasteiger partial charge >= 0.3 is 0 Å². The van der Waals surface area contributed by atoms with Crippen molar-refractivity contribution in [2.45, 2.75) is 0 Å². The second kappa shape index (κ2) is 19.4. The van der Waals surface area contributed by atoms with Gasteiger partial charge in [0.25, 0.3) is 0 Å². The number of hydrogen-bond acceptors (Lipinski definition) is 7. The van der Waals surface area contributed by atoms with E-state index in [9.17, 15) is 29.7 Å². The fraction of sp³-hybridized carbons (Fsp3) is 0.0357. The standard InChI is InChI=1S/3C7H6O2.C7H7O.Pb/c3*8-6-4-2-1-3-5-7(6)9;1-8-7-5-3-2-4-6-7;/h3*1-5H,(H,8,9);3-6H,1H3;/p-3. The topological polar surface area (TPSA) is 130 Å². The molecule has 0 amide bonds. The van der Waals surface area contributed by atoms with E-state index in [4.69, 9.17) is 4.74 Å². The van der Waals surface area contributed by atoms with Crippen molar-refractivity contribution in [3.05, 3.63) is 158 Å². The van der Waals surface area contributed by atoms with E-state index in [0.717, 1.165) is 5.76 Å². The summed E-state index contributed by atoms with van der Waals surface area (Å²) in [7, 11) is 1.65. The van der Waals surface area contributed by atoms with Gasteiger partial charge in [0.05, 0.1) is 13.5 Å². The predicted octanol–water partition coefficient (Wildman–Crippen LogP) is 1.43. The molecule has 0 spiro atoms. The average Bonchev–Trinajstić information content (AvgIpc) is 3.28. The van der Waals surface area contributed by atoms with Gasteiger partial charge in [-0.05, 0) is 36.4 Å². The van der Waals surface area contributed by atoms with Gasteiger partial charge in [-0.15, -0.1) is 5.73 Å². The van der Waals surface area contributed by atoms with E-state index in [-0.39, 0.29) is 27.3 Å². The van der Waals surface area contributed by atoms with Gasteiger partial charge < -0.3 is 20.1 Å². The van der Waals surface area contributed by atoms with E-state index in [1.165, 1.54) is 36.4 Å². The van der Waals surface area contributed by atoms with E-state index in [1.54, 1.807) is 61.7 Å². The van der Waals surface area contributed by atoms with Gasteiger partial charge in [0.1, 0.15) is 5.76 Å². The summed E-state index contributed by atoms with van der Waals surface area (Å²) in [5.74, 6) is -0.497. The molecule has 183 valence electrons. The molecule has 4 rings (SSSR count). The maximum Gasteiger partial charge on any atom is 0.170 e. The summed E-state index contributed by atoms with van der Waals surface area (Å²) in [5, 5.41) is 31.5. The van der Waals surface area contributed by atoms with Crippen molar-refractivity contribution >= 4 is 27.3 Å². The van der Waals surface area contributed by atoms with E-state index < -0.39 is 33.5 Å². The van der Waals surface area contributed by atoms with Crippen molar-refractivity contribution < 1.29 is 20.1 Å². The van der Waals surface area contributed by atoms with Gasteiger partial charge in [0.15, 0.2) is 16.3 Å². The summed E-state index contributed by atoms with van der Waals surface area (Å²) in [5.41, 5.74) is 1.51. The van der Waals surface area contributed by atoms with Gasteiger partial charge in [-0.1, -0.05) is 90.0 Å². The maximum atomic E-state index is 10.5. The molecular weight excluding hydrogens is 656 g/mol. The average molecular weight is 678 g/mol. The van der Waals surface area contributed by atoms with Crippen LogP contribution < -0.4 is 31.6 Å². The normalized spacial score (nSPS) is 10.2. The summed E-state index contributed by atoms with van der Waals surface area (Å²) in [6.45, 7) is 0. The van der Waals surface area contributed by atoms with Crippen LogP contribution in [0, 0.1) is 6.42 Å². The van der Waals surface area contributed by atoms with Crippen LogP contribution in [0.3, 0.4) is 0 Å². The Kier molecular flexibility index (Phi) is 17.2. The van der Waals surface area contributed by atoms with Crippen molar-refractivity contribution in [1.82, 2.24) is 0 Å². The molecule has 7 nitrogen and oxygen atoms in total. The minimum absolute atomic E-state index is 0. The third-order valence-electron chi connectivity index (χ3n) is 3.80. The molecule has 0 saturated carbocycles. The molecule has 3 aromatic carbocycles. The van der Waals surface area contributed by atoms with Gasteiger partial charge in [0.2, 0.25) is 0 Å². The van der Waals surface area contributed by atoms with E-state index in [1.807, 2.05) is 24.6 Å². The SMILES string of the molecule is COC1=CC=C=C[CH]1.O=c1cccccc1[O-].O=c1cccccc1[O-].O=c1cccccc1[O-].[Pb]. The van der Waals surface area contributed by atoms with E-state index in [0.29, 0.717) is 0 Å². The predicted molar refractivity (Wildman–Crippen MR) is 134 cm³/mol. The quantitative estimate of drug-likeness (QED) is 0.282. The van der Waals surface area contributed by atoms with Gasteiger partial charge in [0, 0.05) is 27.3 Å². The molecular formula is C28H22O7Pb-3.